The van der Waals surface area contributed by atoms with Crippen LogP contribution >= 0.6 is 0 Å². The van der Waals surface area contributed by atoms with Crippen LogP contribution in [0.5, 0.6) is 0 Å². The number of carbonyl (C=O) groups is 2. The zero-order valence-electron chi connectivity index (χ0n) is 17.0. The van der Waals surface area contributed by atoms with Gasteiger partial charge in [0, 0.05) is 32.0 Å². The van der Waals surface area contributed by atoms with Crippen LogP contribution in [-0.2, 0) is 14.3 Å². The number of ether oxygens (including phenoxy) is 2. The summed E-state index contributed by atoms with van der Waals surface area (Å²) < 4.78 is 10.7. The Morgan fingerprint density at radius 1 is 1.14 bits per heavy atom. The lowest BCUT2D eigenvalue weighted by Crippen LogP contribution is -2.26. The van der Waals surface area contributed by atoms with Gasteiger partial charge in [-0.15, -0.1) is 0 Å². The Labute approximate surface area is 172 Å². The standard InChI is InChI=1S/C23H32O6/c1-28-14-10-5-3-2-4-9-13-18-19(15-22(25)26)20(24)16-21(18)29-23(27)17-11-7-6-8-12-17/h6-9,11-13,18-21,24H,2-5,10,14-16H2,1H3,(H,25,26)/t18-,19-,20+,21-/m1/s1. The molecule has 1 aliphatic carbocycles. The van der Waals surface area contributed by atoms with E-state index in [-0.39, 0.29) is 18.8 Å². The van der Waals surface area contributed by atoms with Crippen molar-refractivity contribution in [3.63, 3.8) is 0 Å². The number of carboxylic acid groups (broad SMARTS) is 1. The maximum Gasteiger partial charge on any atom is 0.338 e. The molecule has 0 aromatic heterocycles. The molecular formula is C23H32O6. The Morgan fingerprint density at radius 2 is 1.86 bits per heavy atom. The summed E-state index contributed by atoms with van der Waals surface area (Å²) in [5, 5.41) is 19.6. The fourth-order valence-corrected chi connectivity index (χ4v) is 3.86. The van der Waals surface area contributed by atoms with Gasteiger partial charge in [0.1, 0.15) is 6.10 Å². The monoisotopic (exact) mass is 404 g/mol. The Morgan fingerprint density at radius 3 is 2.55 bits per heavy atom. The molecule has 2 rings (SSSR count). The molecule has 29 heavy (non-hydrogen) atoms. The van der Waals surface area contributed by atoms with Gasteiger partial charge < -0.3 is 19.7 Å². The molecule has 1 aromatic carbocycles. The first kappa shape index (κ1) is 23.1. The smallest absolute Gasteiger partial charge is 0.338 e. The topological polar surface area (TPSA) is 93.1 Å². The van der Waals surface area contributed by atoms with Crippen molar-refractivity contribution in [3.05, 3.63) is 48.0 Å². The van der Waals surface area contributed by atoms with E-state index in [4.69, 9.17) is 9.47 Å². The molecule has 0 saturated heterocycles. The number of carboxylic acids is 1. The third-order valence-electron chi connectivity index (χ3n) is 5.40. The maximum absolute atomic E-state index is 12.4. The SMILES string of the molecule is COCCCCCCC=C[C@@H]1[C@@H](CC(=O)O)[C@@H](O)C[C@H]1OC(=O)c1ccccc1. The fourth-order valence-electron chi connectivity index (χ4n) is 3.86. The van der Waals surface area contributed by atoms with Crippen LogP contribution in [0.1, 0.15) is 55.3 Å². The largest absolute Gasteiger partial charge is 0.481 e. The van der Waals surface area contributed by atoms with Crippen molar-refractivity contribution in [1.82, 2.24) is 0 Å². The first-order valence-corrected chi connectivity index (χ1v) is 10.3. The summed E-state index contributed by atoms with van der Waals surface area (Å²) in [6.45, 7) is 0.779. The average molecular weight is 405 g/mol. The normalized spacial score (nSPS) is 24.1. The number of aliphatic hydroxyl groups is 1. The number of hydrogen-bond donors (Lipinski definition) is 2. The van der Waals surface area contributed by atoms with Gasteiger partial charge in [0.15, 0.2) is 0 Å². The molecule has 2 N–H and O–H groups in total. The van der Waals surface area contributed by atoms with Crippen LogP contribution in [0.3, 0.4) is 0 Å². The number of allylic oxidation sites excluding steroid dienone is 1. The van der Waals surface area contributed by atoms with Gasteiger partial charge in [-0.05, 0) is 31.4 Å². The highest BCUT2D eigenvalue weighted by Gasteiger charge is 2.44. The van der Waals surface area contributed by atoms with Crippen molar-refractivity contribution in [3.8, 4) is 0 Å². The summed E-state index contributed by atoms with van der Waals surface area (Å²) in [4.78, 5) is 23.7. The van der Waals surface area contributed by atoms with Gasteiger partial charge in [0.2, 0.25) is 0 Å². The number of aliphatic carboxylic acids is 1. The molecule has 0 unspecified atom stereocenters. The van der Waals surface area contributed by atoms with Gasteiger partial charge in [0.05, 0.1) is 18.1 Å². The first-order valence-electron chi connectivity index (χ1n) is 10.3. The van der Waals surface area contributed by atoms with Gasteiger partial charge >= 0.3 is 11.9 Å². The van der Waals surface area contributed by atoms with Gasteiger partial charge in [-0.1, -0.05) is 43.2 Å². The summed E-state index contributed by atoms with van der Waals surface area (Å²) in [5.41, 5.74) is 0.447. The van der Waals surface area contributed by atoms with E-state index in [2.05, 4.69) is 0 Å². The summed E-state index contributed by atoms with van der Waals surface area (Å²) >= 11 is 0. The third kappa shape index (κ3) is 7.63. The highest BCUT2D eigenvalue weighted by molar-refractivity contribution is 5.89. The van der Waals surface area contributed by atoms with Crippen LogP contribution in [0.2, 0.25) is 0 Å². The minimum absolute atomic E-state index is 0.146. The molecule has 4 atom stereocenters. The second kappa shape index (κ2) is 12.4. The van der Waals surface area contributed by atoms with E-state index < -0.39 is 30.1 Å². The number of methoxy groups -OCH3 is 1. The number of carbonyl (C=O) groups excluding carboxylic acids is 1. The quantitative estimate of drug-likeness (QED) is 0.312. The predicted molar refractivity (Wildman–Crippen MR) is 110 cm³/mol. The molecule has 0 amide bonds. The van der Waals surface area contributed by atoms with E-state index in [0.29, 0.717) is 5.56 Å². The lowest BCUT2D eigenvalue weighted by atomic mass is 9.90. The van der Waals surface area contributed by atoms with E-state index in [1.807, 2.05) is 18.2 Å². The van der Waals surface area contributed by atoms with E-state index in [1.165, 1.54) is 0 Å². The Hall–Kier alpha value is -2.18. The van der Waals surface area contributed by atoms with Gasteiger partial charge in [-0.3, -0.25) is 4.79 Å². The number of hydrogen-bond acceptors (Lipinski definition) is 5. The minimum atomic E-state index is -0.958. The third-order valence-corrected chi connectivity index (χ3v) is 5.40. The number of aliphatic hydroxyl groups excluding tert-OH is 1. The summed E-state index contributed by atoms with van der Waals surface area (Å²) in [6, 6.07) is 8.70. The maximum atomic E-state index is 12.4. The highest BCUT2D eigenvalue weighted by Crippen LogP contribution is 2.38. The molecule has 0 bridgehead atoms. The zero-order chi connectivity index (χ0) is 21.1. The van der Waals surface area contributed by atoms with Crippen LogP contribution in [0, 0.1) is 11.8 Å². The summed E-state index contributed by atoms with van der Waals surface area (Å²) in [7, 11) is 1.70. The number of esters is 1. The van der Waals surface area contributed by atoms with Crippen molar-refractivity contribution in [2.45, 2.75) is 57.2 Å². The molecule has 160 valence electrons. The van der Waals surface area contributed by atoms with Gasteiger partial charge in [-0.25, -0.2) is 4.79 Å². The van der Waals surface area contributed by atoms with Gasteiger partial charge in [-0.2, -0.15) is 0 Å². The molecule has 1 aromatic rings. The van der Waals surface area contributed by atoms with Crippen molar-refractivity contribution >= 4 is 11.9 Å². The van der Waals surface area contributed by atoms with E-state index in [0.717, 1.165) is 38.7 Å². The van der Waals surface area contributed by atoms with E-state index in [1.54, 1.807) is 31.4 Å². The van der Waals surface area contributed by atoms with Crippen LogP contribution in [0.15, 0.2) is 42.5 Å². The lowest BCUT2D eigenvalue weighted by molar-refractivity contribution is -0.139. The Kier molecular flexibility index (Phi) is 9.88. The first-order chi connectivity index (χ1) is 14.0. The zero-order valence-corrected chi connectivity index (χ0v) is 17.0. The van der Waals surface area contributed by atoms with Crippen LogP contribution < -0.4 is 0 Å². The second-order valence-electron chi connectivity index (χ2n) is 7.58. The minimum Gasteiger partial charge on any atom is -0.481 e. The molecule has 1 aliphatic rings. The fraction of sp³-hybridized carbons (Fsp3) is 0.565. The van der Waals surface area contributed by atoms with Crippen molar-refractivity contribution in [1.29, 1.82) is 0 Å². The molecule has 6 nitrogen and oxygen atoms in total. The lowest BCUT2D eigenvalue weighted by Gasteiger charge is -2.21. The summed E-state index contributed by atoms with van der Waals surface area (Å²) in [6.07, 6.45) is 7.91. The van der Waals surface area contributed by atoms with Crippen LogP contribution in [0.25, 0.3) is 0 Å². The number of unbranched alkanes of at least 4 members (excludes halogenated alkanes) is 4. The van der Waals surface area contributed by atoms with Crippen LogP contribution in [-0.4, -0.2) is 48.1 Å². The highest BCUT2D eigenvalue weighted by atomic mass is 16.5. The molecule has 0 spiro atoms. The van der Waals surface area contributed by atoms with E-state index >= 15 is 0 Å². The molecule has 0 radical (unpaired) electrons. The van der Waals surface area contributed by atoms with Crippen molar-refractivity contribution < 1.29 is 29.3 Å². The number of rotatable bonds is 12. The van der Waals surface area contributed by atoms with Crippen LogP contribution in [0.4, 0.5) is 0 Å². The van der Waals surface area contributed by atoms with Gasteiger partial charge in [0.25, 0.3) is 0 Å². The van der Waals surface area contributed by atoms with Crippen molar-refractivity contribution in [2.24, 2.45) is 11.8 Å². The molecular weight excluding hydrogens is 372 g/mol. The molecule has 1 saturated carbocycles. The predicted octanol–water partition coefficient (Wildman–Crippen LogP) is 3.84. The second-order valence-corrected chi connectivity index (χ2v) is 7.58. The Balaban J connectivity index is 1.96. The van der Waals surface area contributed by atoms with Crippen molar-refractivity contribution in [2.75, 3.05) is 13.7 Å². The Bertz CT molecular complexity index is 657. The van der Waals surface area contributed by atoms with E-state index in [9.17, 15) is 19.8 Å². The average Bonchev–Trinajstić information content (AvgIpc) is 2.98. The molecule has 6 heteroatoms. The summed E-state index contributed by atoms with van der Waals surface area (Å²) in [5.74, 6) is -2.17. The molecule has 1 fully saturated rings. The number of benzene rings is 1. The molecule has 0 aliphatic heterocycles. The molecule has 0 heterocycles.